The van der Waals surface area contributed by atoms with E-state index in [1.54, 1.807) is 11.5 Å². The molecular formula is C17H27ClN4O3. The fourth-order valence-electron chi connectivity index (χ4n) is 3.07. The molecule has 140 valence electrons. The molecule has 1 atom stereocenters. The quantitative estimate of drug-likeness (QED) is 0.682. The molecule has 7 nitrogen and oxygen atoms in total. The first kappa shape index (κ1) is 19.7. The number of hydrogen-bond acceptors (Lipinski definition) is 5. The van der Waals surface area contributed by atoms with Crippen LogP contribution in [-0.4, -0.2) is 71.1 Å². The number of aromatic nitrogens is 2. The van der Waals surface area contributed by atoms with Crippen molar-refractivity contribution in [3.63, 3.8) is 0 Å². The van der Waals surface area contributed by atoms with E-state index in [1.807, 2.05) is 19.0 Å². The Morgan fingerprint density at radius 2 is 2.20 bits per heavy atom. The van der Waals surface area contributed by atoms with Gasteiger partial charge in [0.05, 0.1) is 12.8 Å². The number of amides is 1. The number of likely N-dealkylation sites (N-methyl/N-ethyl adjacent to an activating group) is 1. The van der Waals surface area contributed by atoms with Gasteiger partial charge in [-0.15, -0.1) is 0 Å². The van der Waals surface area contributed by atoms with Crippen molar-refractivity contribution < 1.29 is 14.3 Å². The number of ether oxygens (including phenoxy) is 1. The predicted molar refractivity (Wildman–Crippen MR) is 95.5 cm³/mol. The van der Waals surface area contributed by atoms with Gasteiger partial charge in [0.15, 0.2) is 0 Å². The summed E-state index contributed by atoms with van der Waals surface area (Å²) in [5, 5.41) is 0.376. The van der Waals surface area contributed by atoms with Gasteiger partial charge in [-0.2, -0.15) is 0 Å². The second-order valence-corrected chi connectivity index (χ2v) is 6.87. The van der Waals surface area contributed by atoms with Crippen LogP contribution < -0.4 is 0 Å². The van der Waals surface area contributed by atoms with Gasteiger partial charge in [-0.05, 0) is 33.9 Å². The van der Waals surface area contributed by atoms with Gasteiger partial charge in [-0.1, -0.05) is 11.6 Å². The molecule has 1 fully saturated rings. The molecule has 0 saturated carbocycles. The third kappa shape index (κ3) is 5.44. The number of hydrogen-bond donors (Lipinski definition) is 0. The highest BCUT2D eigenvalue weighted by Gasteiger charge is 2.25. The standard InChI is InChI=1S/C17H27ClN4O3/c1-4-25-17(24)12-22-14(18)10-19-15(22)7-8-16(23)21-9-5-6-13(11-21)20(2)3/h10,13H,4-9,11-12H2,1-3H3. The molecule has 1 aromatic rings. The van der Waals surface area contributed by atoms with E-state index < -0.39 is 0 Å². The van der Waals surface area contributed by atoms with Crippen molar-refractivity contribution in [3.05, 3.63) is 17.2 Å². The van der Waals surface area contributed by atoms with Crippen LogP contribution in [0.25, 0.3) is 0 Å². The van der Waals surface area contributed by atoms with Gasteiger partial charge < -0.3 is 19.1 Å². The summed E-state index contributed by atoms with van der Waals surface area (Å²) < 4.78 is 6.56. The number of imidazole rings is 1. The Morgan fingerprint density at radius 1 is 1.44 bits per heavy atom. The fourth-order valence-corrected chi connectivity index (χ4v) is 3.28. The van der Waals surface area contributed by atoms with E-state index in [0.29, 0.717) is 36.5 Å². The molecule has 1 unspecified atom stereocenters. The number of halogens is 1. The summed E-state index contributed by atoms with van der Waals surface area (Å²) in [7, 11) is 4.10. The largest absolute Gasteiger partial charge is 0.465 e. The van der Waals surface area contributed by atoms with Crippen molar-refractivity contribution in [2.24, 2.45) is 0 Å². The van der Waals surface area contributed by atoms with E-state index >= 15 is 0 Å². The Kier molecular flexibility index (Phi) is 7.25. The second-order valence-electron chi connectivity index (χ2n) is 6.49. The molecule has 25 heavy (non-hydrogen) atoms. The Morgan fingerprint density at radius 3 is 2.88 bits per heavy atom. The lowest BCUT2D eigenvalue weighted by Crippen LogP contribution is -2.47. The number of rotatable bonds is 7. The first-order valence-electron chi connectivity index (χ1n) is 8.72. The molecule has 2 rings (SSSR count). The minimum atomic E-state index is -0.361. The maximum Gasteiger partial charge on any atom is 0.326 e. The van der Waals surface area contributed by atoms with Gasteiger partial charge in [0.1, 0.15) is 17.5 Å². The third-order valence-electron chi connectivity index (χ3n) is 4.52. The van der Waals surface area contributed by atoms with Crippen molar-refractivity contribution in [1.82, 2.24) is 19.4 Å². The smallest absolute Gasteiger partial charge is 0.326 e. The van der Waals surface area contributed by atoms with Gasteiger partial charge in [-0.3, -0.25) is 9.59 Å². The van der Waals surface area contributed by atoms with Gasteiger partial charge >= 0.3 is 5.97 Å². The lowest BCUT2D eigenvalue weighted by Gasteiger charge is -2.36. The molecule has 1 aliphatic heterocycles. The van der Waals surface area contributed by atoms with E-state index in [-0.39, 0.29) is 18.4 Å². The number of esters is 1. The molecule has 1 amide bonds. The van der Waals surface area contributed by atoms with Crippen molar-refractivity contribution in [1.29, 1.82) is 0 Å². The molecule has 0 radical (unpaired) electrons. The molecule has 0 bridgehead atoms. The Bertz CT molecular complexity index is 603. The fraction of sp³-hybridized carbons (Fsp3) is 0.706. The molecule has 0 spiro atoms. The minimum Gasteiger partial charge on any atom is -0.465 e. The summed E-state index contributed by atoms with van der Waals surface area (Å²) in [6.45, 7) is 3.67. The maximum atomic E-state index is 12.5. The summed E-state index contributed by atoms with van der Waals surface area (Å²) in [6.07, 6.45) is 4.46. The molecule has 0 aromatic carbocycles. The van der Waals surface area contributed by atoms with Crippen LogP contribution in [0.5, 0.6) is 0 Å². The highest BCUT2D eigenvalue weighted by atomic mass is 35.5. The lowest BCUT2D eigenvalue weighted by molar-refractivity contribution is -0.143. The first-order chi connectivity index (χ1) is 11.9. The van der Waals surface area contributed by atoms with Crippen LogP contribution in [0.1, 0.15) is 32.0 Å². The molecule has 8 heteroatoms. The Balaban J connectivity index is 1.92. The lowest BCUT2D eigenvalue weighted by atomic mass is 10.0. The first-order valence-corrected chi connectivity index (χ1v) is 9.09. The van der Waals surface area contributed by atoms with E-state index in [0.717, 1.165) is 25.9 Å². The summed E-state index contributed by atoms with van der Waals surface area (Å²) in [6, 6.07) is 0.415. The van der Waals surface area contributed by atoms with Gasteiger partial charge in [-0.25, -0.2) is 4.98 Å². The van der Waals surface area contributed by atoms with Crippen LogP contribution in [0.2, 0.25) is 5.15 Å². The van der Waals surface area contributed by atoms with Crippen molar-refractivity contribution in [2.75, 3.05) is 33.8 Å². The minimum absolute atomic E-state index is 0.0165. The average Bonchev–Trinajstić information content (AvgIpc) is 2.93. The second kappa shape index (κ2) is 9.20. The van der Waals surface area contributed by atoms with Crippen molar-refractivity contribution >= 4 is 23.5 Å². The van der Waals surface area contributed by atoms with Gasteiger partial charge in [0.2, 0.25) is 5.91 Å². The number of piperidine rings is 1. The highest BCUT2D eigenvalue weighted by Crippen LogP contribution is 2.17. The molecule has 2 heterocycles. The molecular weight excluding hydrogens is 344 g/mol. The zero-order valence-corrected chi connectivity index (χ0v) is 16.0. The molecule has 1 saturated heterocycles. The zero-order chi connectivity index (χ0) is 18.4. The Hall–Kier alpha value is -1.60. The number of nitrogens with zero attached hydrogens (tertiary/aromatic N) is 4. The van der Waals surface area contributed by atoms with Crippen LogP contribution >= 0.6 is 11.6 Å². The van der Waals surface area contributed by atoms with E-state index in [1.165, 1.54) is 6.20 Å². The van der Waals surface area contributed by atoms with E-state index in [9.17, 15) is 9.59 Å². The van der Waals surface area contributed by atoms with Crippen LogP contribution in [0.15, 0.2) is 6.20 Å². The number of aryl methyl sites for hydroxylation is 1. The maximum absolute atomic E-state index is 12.5. The summed E-state index contributed by atoms with van der Waals surface area (Å²) in [4.78, 5) is 32.5. The normalized spacial score (nSPS) is 17.8. The molecule has 0 aliphatic carbocycles. The molecule has 1 aromatic heterocycles. The SMILES string of the molecule is CCOC(=O)Cn1c(Cl)cnc1CCC(=O)N1CCCC(N(C)C)C1. The van der Waals surface area contributed by atoms with Gasteiger partial charge in [0.25, 0.3) is 0 Å². The van der Waals surface area contributed by atoms with Crippen LogP contribution in [0.3, 0.4) is 0 Å². The predicted octanol–water partition coefficient (Wildman–Crippen LogP) is 1.58. The van der Waals surface area contributed by atoms with Crippen LogP contribution in [0.4, 0.5) is 0 Å². The van der Waals surface area contributed by atoms with Crippen molar-refractivity contribution in [3.8, 4) is 0 Å². The molecule has 0 N–H and O–H groups in total. The van der Waals surface area contributed by atoms with Crippen molar-refractivity contribution in [2.45, 2.75) is 45.2 Å². The third-order valence-corrected chi connectivity index (χ3v) is 4.83. The monoisotopic (exact) mass is 370 g/mol. The average molecular weight is 371 g/mol. The number of carbonyl (C=O) groups is 2. The Labute approximate surface area is 153 Å². The summed E-state index contributed by atoms with van der Waals surface area (Å²) in [5.74, 6) is 0.390. The zero-order valence-electron chi connectivity index (χ0n) is 15.2. The molecule has 1 aliphatic rings. The van der Waals surface area contributed by atoms with Gasteiger partial charge in [0, 0.05) is 32.0 Å². The summed E-state index contributed by atoms with van der Waals surface area (Å²) in [5.41, 5.74) is 0. The highest BCUT2D eigenvalue weighted by molar-refractivity contribution is 6.29. The number of likely N-dealkylation sites (tertiary alicyclic amines) is 1. The van der Waals surface area contributed by atoms with E-state index in [4.69, 9.17) is 16.3 Å². The number of carbonyl (C=O) groups excluding carboxylic acids is 2. The van der Waals surface area contributed by atoms with Crippen LogP contribution in [-0.2, 0) is 27.3 Å². The van der Waals surface area contributed by atoms with Crippen LogP contribution in [0, 0.1) is 0 Å². The van der Waals surface area contributed by atoms with E-state index in [2.05, 4.69) is 9.88 Å². The topological polar surface area (TPSA) is 67.7 Å². The summed E-state index contributed by atoms with van der Waals surface area (Å²) >= 11 is 6.10.